The van der Waals surface area contributed by atoms with Crippen molar-refractivity contribution in [2.75, 3.05) is 19.6 Å². The van der Waals surface area contributed by atoms with Gasteiger partial charge in [-0.3, -0.25) is 0 Å². The average Bonchev–Trinajstić information content (AvgIpc) is 3.06. The molecule has 1 aliphatic rings. The average molecular weight is 330 g/mol. The van der Waals surface area contributed by atoms with Crippen molar-refractivity contribution in [2.45, 2.75) is 31.7 Å². The number of aromatic nitrogens is 2. The van der Waals surface area contributed by atoms with Gasteiger partial charge in [-0.2, -0.15) is 0 Å². The van der Waals surface area contributed by atoms with Crippen LogP contribution >= 0.6 is 23.2 Å². The van der Waals surface area contributed by atoms with Crippen molar-refractivity contribution in [3.05, 3.63) is 28.8 Å². The second kappa shape index (κ2) is 6.11. The molecule has 0 bridgehead atoms. The highest BCUT2D eigenvalue weighted by Crippen LogP contribution is 2.28. The Bertz CT molecular complexity index is 650. The Labute approximate surface area is 133 Å². The van der Waals surface area contributed by atoms with Crippen LogP contribution in [0.4, 0.5) is 4.39 Å². The molecule has 1 fully saturated rings. The van der Waals surface area contributed by atoms with Crippen molar-refractivity contribution in [3.63, 3.8) is 0 Å². The zero-order valence-electron chi connectivity index (χ0n) is 12.0. The van der Waals surface area contributed by atoms with Crippen LogP contribution in [0.1, 0.15) is 31.6 Å². The van der Waals surface area contributed by atoms with Crippen LogP contribution in [-0.2, 0) is 5.88 Å². The fourth-order valence-corrected chi connectivity index (χ4v) is 3.49. The van der Waals surface area contributed by atoms with Crippen LogP contribution in [0.25, 0.3) is 11.0 Å². The van der Waals surface area contributed by atoms with Gasteiger partial charge in [-0.15, -0.1) is 11.6 Å². The number of likely N-dealkylation sites (tertiary alicyclic amines) is 1. The molecule has 0 aliphatic carbocycles. The van der Waals surface area contributed by atoms with E-state index >= 15 is 0 Å². The third-order valence-electron chi connectivity index (χ3n) is 4.09. The van der Waals surface area contributed by atoms with Gasteiger partial charge in [-0.05, 0) is 38.9 Å². The molecule has 114 valence electrons. The molecule has 1 atom stereocenters. The normalized spacial score (nSPS) is 17.7. The maximum Gasteiger partial charge on any atom is 0.144 e. The quantitative estimate of drug-likeness (QED) is 0.783. The molecule has 21 heavy (non-hydrogen) atoms. The molecule has 0 amide bonds. The molecular weight excluding hydrogens is 312 g/mol. The number of hydrogen-bond donors (Lipinski definition) is 0. The van der Waals surface area contributed by atoms with Gasteiger partial charge < -0.3 is 9.47 Å². The third-order valence-corrected chi connectivity index (χ3v) is 4.61. The van der Waals surface area contributed by atoms with E-state index in [1.807, 2.05) is 0 Å². The minimum atomic E-state index is -0.442. The summed E-state index contributed by atoms with van der Waals surface area (Å²) >= 11 is 11.9. The molecule has 1 aromatic carbocycles. The van der Waals surface area contributed by atoms with E-state index in [1.165, 1.54) is 18.9 Å². The number of nitrogens with zero attached hydrogens (tertiary/aromatic N) is 3. The molecule has 2 heterocycles. The smallest absolute Gasteiger partial charge is 0.144 e. The maximum atomic E-state index is 13.6. The van der Waals surface area contributed by atoms with Gasteiger partial charge in [0, 0.05) is 18.7 Å². The first-order chi connectivity index (χ1) is 10.1. The first-order valence-corrected chi connectivity index (χ1v) is 8.15. The molecule has 1 saturated heterocycles. The van der Waals surface area contributed by atoms with Crippen molar-refractivity contribution in [3.8, 4) is 0 Å². The Hall–Kier alpha value is -0.840. The van der Waals surface area contributed by atoms with Crippen LogP contribution in [0.15, 0.2) is 12.1 Å². The second-order valence-corrected chi connectivity index (χ2v) is 6.32. The SMILES string of the molecule is CC(CN1CCCC1)n1c(CCl)nc2cc(F)c(Cl)cc21. The number of alkyl halides is 1. The van der Waals surface area contributed by atoms with Gasteiger partial charge in [-0.1, -0.05) is 11.6 Å². The summed E-state index contributed by atoms with van der Waals surface area (Å²) in [5.74, 6) is 0.625. The van der Waals surface area contributed by atoms with Crippen molar-refractivity contribution in [1.29, 1.82) is 0 Å². The number of fused-ring (bicyclic) bond motifs is 1. The fourth-order valence-electron chi connectivity index (χ4n) is 3.15. The standard InChI is InChI=1S/C15H18Cl2FN3/c1-10(9-20-4-2-3-5-20)21-14-6-11(17)12(18)7-13(14)19-15(21)8-16/h6-7,10H,2-5,8-9H2,1H3. The predicted molar refractivity (Wildman–Crippen MR) is 84.6 cm³/mol. The predicted octanol–water partition coefficient (Wildman–Crippen LogP) is 4.22. The Balaban J connectivity index is 2.00. The van der Waals surface area contributed by atoms with Gasteiger partial charge in [0.15, 0.2) is 0 Å². The molecule has 0 radical (unpaired) electrons. The Morgan fingerprint density at radius 2 is 2.05 bits per heavy atom. The molecule has 1 unspecified atom stereocenters. The van der Waals surface area contributed by atoms with Crippen molar-refractivity contribution in [1.82, 2.24) is 14.5 Å². The van der Waals surface area contributed by atoms with Crippen LogP contribution in [0, 0.1) is 5.82 Å². The minimum Gasteiger partial charge on any atom is -0.323 e. The topological polar surface area (TPSA) is 21.1 Å². The van der Waals surface area contributed by atoms with E-state index in [-0.39, 0.29) is 11.1 Å². The summed E-state index contributed by atoms with van der Waals surface area (Å²) in [7, 11) is 0. The maximum absolute atomic E-state index is 13.6. The number of halogens is 3. The molecule has 3 rings (SSSR count). The lowest BCUT2D eigenvalue weighted by Gasteiger charge is -2.23. The molecule has 3 nitrogen and oxygen atoms in total. The van der Waals surface area contributed by atoms with E-state index < -0.39 is 5.82 Å². The second-order valence-electron chi connectivity index (χ2n) is 5.64. The highest BCUT2D eigenvalue weighted by Gasteiger charge is 2.20. The molecule has 0 spiro atoms. The Kier molecular flexibility index (Phi) is 4.38. The molecule has 6 heteroatoms. The summed E-state index contributed by atoms with van der Waals surface area (Å²) in [5.41, 5.74) is 1.46. The third kappa shape index (κ3) is 2.89. The highest BCUT2D eigenvalue weighted by molar-refractivity contribution is 6.31. The van der Waals surface area contributed by atoms with Crippen LogP contribution in [-0.4, -0.2) is 34.1 Å². The lowest BCUT2D eigenvalue weighted by Crippen LogP contribution is -2.27. The van der Waals surface area contributed by atoms with E-state index in [0.717, 1.165) is 31.0 Å². The summed E-state index contributed by atoms with van der Waals surface area (Å²) in [6.45, 7) is 5.38. The first kappa shape index (κ1) is 15.1. The molecule has 1 aliphatic heterocycles. The summed E-state index contributed by atoms with van der Waals surface area (Å²) in [6, 6.07) is 3.26. The number of rotatable bonds is 4. The largest absolute Gasteiger partial charge is 0.323 e. The molecular formula is C15H18Cl2FN3. The molecule has 0 N–H and O–H groups in total. The van der Waals surface area contributed by atoms with E-state index in [1.54, 1.807) is 6.07 Å². The highest BCUT2D eigenvalue weighted by atomic mass is 35.5. The van der Waals surface area contributed by atoms with E-state index in [4.69, 9.17) is 23.2 Å². The van der Waals surface area contributed by atoms with Crippen LogP contribution in [0.2, 0.25) is 5.02 Å². The van der Waals surface area contributed by atoms with Gasteiger partial charge in [0.1, 0.15) is 11.6 Å². The monoisotopic (exact) mass is 329 g/mol. The number of benzene rings is 1. The number of imidazole rings is 1. The molecule has 1 aromatic heterocycles. The van der Waals surface area contributed by atoms with E-state index in [0.29, 0.717) is 11.4 Å². The first-order valence-electron chi connectivity index (χ1n) is 7.24. The number of hydrogen-bond acceptors (Lipinski definition) is 2. The van der Waals surface area contributed by atoms with Gasteiger partial charge >= 0.3 is 0 Å². The van der Waals surface area contributed by atoms with Crippen molar-refractivity contribution in [2.24, 2.45) is 0 Å². The van der Waals surface area contributed by atoms with E-state index in [2.05, 4.69) is 21.4 Å². The van der Waals surface area contributed by atoms with Gasteiger partial charge in [0.05, 0.1) is 21.9 Å². The van der Waals surface area contributed by atoms with Gasteiger partial charge in [0.2, 0.25) is 0 Å². The zero-order valence-corrected chi connectivity index (χ0v) is 13.5. The lowest BCUT2D eigenvalue weighted by atomic mass is 10.2. The Morgan fingerprint density at radius 3 is 2.71 bits per heavy atom. The summed E-state index contributed by atoms with van der Waals surface area (Å²) in [5, 5.41) is 0.123. The van der Waals surface area contributed by atoms with Crippen molar-refractivity contribution >= 4 is 34.2 Å². The summed E-state index contributed by atoms with van der Waals surface area (Å²) in [4.78, 5) is 6.89. The van der Waals surface area contributed by atoms with E-state index in [9.17, 15) is 4.39 Å². The Morgan fingerprint density at radius 1 is 1.33 bits per heavy atom. The molecule has 2 aromatic rings. The van der Waals surface area contributed by atoms with Gasteiger partial charge in [-0.25, -0.2) is 9.37 Å². The fraction of sp³-hybridized carbons (Fsp3) is 0.533. The van der Waals surface area contributed by atoms with Gasteiger partial charge in [0.25, 0.3) is 0 Å². The van der Waals surface area contributed by atoms with Crippen LogP contribution in [0.3, 0.4) is 0 Å². The lowest BCUT2D eigenvalue weighted by molar-refractivity contribution is 0.288. The van der Waals surface area contributed by atoms with Crippen LogP contribution in [0.5, 0.6) is 0 Å². The molecule has 0 saturated carbocycles. The zero-order chi connectivity index (χ0) is 15.0. The van der Waals surface area contributed by atoms with Crippen molar-refractivity contribution < 1.29 is 4.39 Å². The summed E-state index contributed by atoms with van der Waals surface area (Å²) < 4.78 is 15.7. The van der Waals surface area contributed by atoms with Crippen LogP contribution < -0.4 is 0 Å². The minimum absolute atomic E-state index is 0.123. The summed E-state index contributed by atoms with van der Waals surface area (Å²) in [6.07, 6.45) is 2.52.